The van der Waals surface area contributed by atoms with Gasteiger partial charge in [0.25, 0.3) is 0 Å². The lowest BCUT2D eigenvalue weighted by Gasteiger charge is -2.22. The van der Waals surface area contributed by atoms with E-state index < -0.39 is 0 Å². The van der Waals surface area contributed by atoms with Gasteiger partial charge in [-0.2, -0.15) is 5.10 Å². The zero-order chi connectivity index (χ0) is 15.5. The highest BCUT2D eigenvalue weighted by molar-refractivity contribution is 5.81. The number of halogens is 1. The minimum atomic E-state index is -0.231. The summed E-state index contributed by atoms with van der Waals surface area (Å²) in [5.74, 6) is -0.231. The molecular formula is C17H19FN4. The van der Waals surface area contributed by atoms with Gasteiger partial charge in [-0.25, -0.2) is 4.39 Å². The van der Waals surface area contributed by atoms with Crippen LogP contribution in [0.15, 0.2) is 48.9 Å². The molecule has 1 N–H and O–H groups in total. The molecule has 0 unspecified atom stereocenters. The SMILES string of the molecule is C[C@H](NCc1cc(F)cc2cccnc12)[C@@H](C)n1cccn1. The standard InChI is InChI=1S/C17H19FN4/c1-12(13(2)22-8-4-7-21-22)20-11-15-10-16(18)9-14-5-3-6-19-17(14)15/h3-10,12-13,20H,11H2,1-2H3/t12-,13+/m0/s1. The molecule has 0 spiro atoms. The fourth-order valence-corrected chi connectivity index (χ4v) is 2.55. The normalized spacial score (nSPS) is 14.1. The zero-order valence-corrected chi connectivity index (χ0v) is 12.7. The van der Waals surface area contributed by atoms with Crippen LogP contribution >= 0.6 is 0 Å². The number of fused-ring (bicyclic) bond motifs is 1. The molecule has 0 aliphatic carbocycles. The topological polar surface area (TPSA) is 42.7 Å². The van der Waals surface area contributed by atoms with E-state index in [4.69, 9.17) is 0 Å². The molecule has 1 aromatic carbocycles. The van der Waals surface area contributed by atoms with Crippen LogP contribution in [-0.4, -0.2) is 20.8 Å². The highest BCUT2D eigenvalue weighted by Crippen LogP contribution is 2.19. The average molecular weight is 298 g/mol. The molecule has 2 atom stereocenters. The monoisotopic (exact) mass is 298 g/mol. The molecule has 0 radical (unpaired) electrons. The van der Waals surface area contributed by atoms with E-state index in [2.05, 4.69) is 29.2 Å². The molecule has 22 heavy (non-hydrogen) atoms. The van der Waals surface area contributed by atoms with Crippen LogP contribution in [0.2, 0.25) is 0 Å². The van der Waals surface area contributed by atoms with Gasteiger partial charge < -0.3 is 5.32 Å². The van der Waals surface area contributed by atoms with Gasteiger partial charge in [-0.3, -0.25) is 9.67 Å². The van der Waals surface area contributed by atoms with E-state index in [9.17, 15) is 4.39 Å². The molecule has 4 nitrogen and oxygen atoms in total. The van der Waals surface area contributed by atoms with Gasteiger partial charge in [-0.15, -0.1) is 0 Å². The number of aromatic nitrogens is 3. The molecule has 0 saturated heterocycles. The highest BCUT2D eigenvalue weighted by Gasteiger charge is 2.14. The Morgan fingerprint density at radius 2 is 2.09 bits per heavy atom. The third kappa shape index (κ3) is 2.99. The number of rotatable bonds is 5. The minimum Gasteiger partial charge on any atom is -0.308 e. The molecular weight excluding hydrogens is 279 g/mol. The Morgan fingerprint density at radius 1 is 1.23 bits per heavy atom. The van der Waals surface area contributed by atoms with Crippen molar-refractivity contribution in [3.63, 3.8) is 0 Å². The average Bonchev–Trinajstić information content (AvgIpc) is 3.05. The molecule has 0 aliphatic rings. The first kappa shape index (κ1) is 14.7. The van der Waals surface area contributed by atoms with Crippen molar-refractivity contribution in [1.29, 1.82) is 0 Å². The summed E-state index contributed by atoms with van der Waals surface area (Å²) in [4.78, 5) is 4.37. The third-order valence-corrected chi connectivity index (χ3v) is 4.03. The summed E-state index contributed by atoms with van der Waals surface area (Å²) in [5.41, 5.74) is 1.71. The number of pyridine rings is 1. The van der Waals surface area contributed by atoms with Crippen LogP contribution < -0.4 is 5.32 Å². The number of benzene rings is 1. The van der Waals surface area contributed by atoms with E-state index >= 15 is 0 Å². The van der Waals surface area contributed by atoms with Crippen molar-refractivity contribution >= 4 is 10.9 Å². The molecule has 0 bridgehead atoms. The summed E-state index contributed by atoms with van der Waals surface area (Å²) in [7, 11) is 0. The fraction of sp³-hybridized carbons (Fsp3) is 0.294. The van der Waals surface area contributed by atoms with Gasteiger partial charge >= 0.3 is 0 Å². The van der Waals surface area contributed by atoms with Crippen molar-refractivity contribution in [3.05, 3.63) is 60.3 Å². The van der Waals surface area contributed by atoms with E-state index in [0.29, 0.717) is 6.54 Å². The first-order chi connectivity index (χ1) is 10.6. The quantitative estimate of drug-likeness (QED) is 0.786. The highest BCUT2D eigenvalue weighted by atomic mass is 19.1. The van der Waals surface area contributed by atoms with Crippen molar-refractivity contribution < 1.29 is 4.39 Å². The largest absolute Gasteiger partial charge is 0.308 e. The summed E-state index contributed by atoms with van der Waals surface area (Å²) in [6.45, 7) is 4.77. The Hall–Kier alpha value is -2.27. The van der Waals surface area contributed by atoms with Crippen molar-refractivity contribution in [3.8, 4) is 0 Å². The van der Waals surface area contributed by atoms with E-state index in [0.717, 1.165) is 16.5 Å². The predicted octanol–water partition coefficient (Wildman–Crippen LogP) is 3.31. The van der Waals surface area contributed by atoms with Crippen molar-refractivity contribution in [2.24, 2.45) is 0 Å². The van der Waals surface area contributed by atoms with Gasteiger partial charge in [0.2, 0.25) is 0 Å². The zero-order valence-electron chi connectivity index (χ0n) is 12.7. The van der Waals surface area contributed by atoms with E-state index in [-0.39, 0.29) is 17.9 Å². The van der Waals surface area contributed by atoms with Crippen LogP contribution in [-0.2, 0) is 6.54 Å². The minimum absolute atomic E-state index is 0.196. The van der Waals surface area contributed by atoms with Crippen molar-refractivity contribution in [2.75, 3.05) is 0 Å². The number of hydrogen-bond acceptors (Lipinski definition) is 3. The van der Waals surface area contributed by atoms with Crippen LogP contribution in [0.5, 0.6) is 0 Å². The molecule has 2 heterocycles. The van der Waals surface area contributed by atoms with E-state index in [1.165, 1.54) is 6.07 Å². The maximum absolute atomic E-state index is 13.7. The Bertz CT molecular complexity index is 754. The summed E-state index contributed by atoms with van der Waals surface area (Å²) >= 11 is 0. The van der Waals surface area contributed by atoms with Gasteiger partial charge in [0.05, 0.1) is 11.6 Å². The second kappa shape index (κ2) is 6.23. The molecule has 2 aromatic heterocycles. The second-order valence-electron chi connectivity index (χ2n) is 5.54. The summed E-state index contributed by atoms with van der Waals surface area (Å²) in [5, 5.41) is 8.53. The van der Waals surface area contributed by atoms with Gasteiger partial charge in [0.1, 0.15) is 5.82 Å². The summed E-state index contributed by atoms with van der Waals surface area (Å²) < 4.78 is 15.7. The predicted molar refractivity (Wildman–Crippen MR) is 84.9 cm³/mol. The second-order valence-corrected chi connectivity index (χ2v) is 5.54. The van der Waals surface area contributed by atoms with E-state index in [1.807, 2.05) is 29.1 Å². The van der Waals surface area contributed by atoms with Gasteiger partial charge in [0.15, 0.2) is 0 Å². The number of hydrogen-bond donors (Lipinski definition) is 1. The molecule has 114 valence electrons. The summed E-state index contributed by atoms with van der Waals surface area (Å²) in [6, 6.07) is 9.08. The van der Waals surface area contributed by atoms with E-state index in [1.54, 1.807) is 18.5 Å². The molecule has 0 amide bonds. The van der Waals surface area contributed by atoms with Crippen molar-refractivity contribution in [2.45, 2.75) is 32.5 Å². The lowest BCUT2D eigenvalue weighted by atomic mass is 10.1. The Morgan fingerprint density at radius 3 is 2.86 bits per heavy atom. The maximum atomic E-state index is 13.7. The van der Waals surface area contributed by atoms with Crippen molar-refractivity contribution in [1.82, 2.24) is 20.1 Å². The van der Waals surface area contributed by atoms with Gasteiger partial charge in [-0.1, -0.05) is 6.07 Å². The van der Waals surface area contributed by atoms with Crippen LogP contribution in [0, 0.1) is 5.82 Å². The molecule has 0 saturated carbocycles. The first-order valence-electron chi connectivity index (χ1n) is 7.41. The van der Waals surface area contributed by atoms with Crippen LogP contribution in [0.1, 0.15) is 25.5 Å². The molecule has 3 rings (SSSR count). The van der Waals surface area contributed by atoms with Crippen LogP contribution in [0.3, 0.4) is 0 Å². The van der Waals surface area contributed by atoms with Gasteiger partial charge in [-0.05, 0) is 43.7 Å². The lowest BCUT2D eigenvalue weighted by molar-refractivity contribution is 0.365. The maximum Gasteiger partial charge on any atom is 0.124 e. The third-order valence-electron chi connectivity index (χ3n) is 4.03. The van der Waals surface area contributed by atoms with Crippen LogP contribution in [0.25, 0.3) is 10.9 Å². The summed E-state index contributed by atoms with van der Waals surface area (Å²) in [6.07, 6.45) is 5.45. The molecule has 0 fully saturated rings. The fourth-order valence-electron chi connectivity index (χ4n) is 2.55. The van der Waals surface area contributed by atoms with Gasteiger partial charge in [0, 0.05) is 36.6 Å². The smallest absolute Gasteiger partial charge is 0.124 e. The Kier molecular flexibility index (Phi) is 4.15. The molecule has 3 aromatic rings. The van der Waals surface area contributed by atoms with Crippen LogP contribution in [0.4, 0.5) is 4.39 Å². The molecule has 5 heteroatoms. The number of nitrogens with one attached hydrogen (secondary N) is 1. The molecule has 0 aliphatic heterocycles. The lowest BCUT2D eigenvalue weighted by Crippen LogP contribution is -2.33. The Labute approximate surface area is 129 Å². The number of nitrogens with zero attached hydrogens (tertiary/aromatic N) is 3. The first-order valence-corrected chi connectivity index (χ1v) is 7.41. The Balaban J connectivity index is 1.76.